The largest absolute Gasteiger partial charge is 0.494 e. The molecule has 2 aliphatic rings. The van der Waals surface area contributed by atoms with Crippen LogP contribution in [0.2, 0.25) is 0 Å². The summed E-state index contributed by atoms with van der Waals surface area (Å²) >= 11 is 0. The van der Waals surface area contributed by atoms with Crippen LogP contribution in [-0.2, 0) is 25.9 Å². The molecule has 3 aromatic rings. The smallest absolute Gasteiger partial charge is 0.251 e. The van der Waals surface area contributed by atoms with Gasteiger partial charge in [-0.3, -0.25) is 9.69 Å². The van der Waals surface area contributed by atoms with Crippen LogP contribution in [0.4, 0.5) is 5.69 Å². The number of nitrogens with zero attached hydrogens (tertiary/aromatic N) is 1. The van der Waals surface area contributed by atoms with Crippen LogP contribution in [0.1, 0.15) is 43.7 Å². The van der Waals surface area contributed by atoms with Crippen molar-refractivity contribution < 1.29 is 27.4 Å². The Hall–Kier alpha value is -3.66. The maximum atomic E-state index is 13.3. The van der Waals surface area contributed by atoms with Crippen LogP contribution in [0, 0.1) is 0 Å². The molecule has 2 heterocycles. The Bertz CT molecular complexity index is 1510. The molecule has 0 radical (unpaired) electrons. The average Bonchev–Trinajstić information content (AvgIpc) is 3.13. The Morgan fingerprint density at radius 3 is 2.38 bits per heavy atom. The number of hydrogen-bond acceptors (Lipinski definition) is 7. The van der Waals surface area contributed by atoms with Crippen LogP contribution in [0.5, 0.6) is 17.2 Å². The van der Waals surface area contributed by atoms with E-state index in [-0.39, 0.29) is 23.0 Å². The maximum absolute atomic E-state index is 13.3. The number of anilines is 1. The SMILES string of the molecule is CCCOc1ccc(Oc2ccc3c(c2)C=C(C(=O)Nc2ccc(CN(C)C4CCOCC4)cc2)CCS3(=O)=O)cc1. The second kappa shape index (κ2) is 13.5. The number of carbonyl (C=O) groups excluding carboxylic acids is 1. The van der Waals surface area contributed by atoms with Crippen molar-refractivity contribution in [2.24, 2.45) is 0 Å². The second-order valence-corrected chi connectivity index (χ2v) is 12.8. The second-order valence-electron chi connectivity index (χ2n) is 10.8. The number of nitrogens with one attached hydrogen (secondary N) is 1. The number of sulfone groups is 1. The molecule has 0 aliphatic carbocycles. The minimum Gasteiger partial charge on any atom is -0.494 e. The summed E-state index contributed by atoms with van der Waals surface area (Å²) in [4.78, 5) is 15.8. The number of rotatable bonds is 10. The van der Waals surface area contributed by atoms with Gasteiger partial charge in [0, 0.05) is 37.1 Å². The molecule has 1 saturated heterocycles. The number of hydrogen-bond donors (Lipinski definition) is 1. The van der Waals surface area contributed by atoms with E-state index in [1.54, 1.807) is 36.4 Å². The standard InChI is InChI=1S/C33H38N2O6S/c1-3-17-40-29-8-10-30(11-9-29)41-31-12-13-32-26(22-31)21-25(16-20-42(32,37)38)33(36)34-27-6-4-24(5-7-27)23-35(2)28-14-18-39-19-15-28/h4-13,21-22,28H,3,14-20,23H2,1-2H3,(H,34,36). The van der Waals surface area contributed by atoms with Crippen LogP contribution >= 0.6 is 0 Å². The lowest BCUT2D eigenvalue weighted by Crippen LogP contribution is -2.36. The molecule has 1 amide bonds. The van der Waals surface area contributed by atoms with Gasteiger partial charge in [0.2, 0.25) is 0 Å². The molecule has 2 aliphatic heterocycles. The van der Waals surface area contributed by atoms with Crippen molar-refractivity contribution >= 4 is 27.5 Å². The molecule has 0 bridgehead atoms. The Morgan fingerprint density at radius 2 is 1.67 bits per heavy atom. The molecule has 1 fully saturated rings. The third-order valence-electron chi connectivity index (χ3n) is 7.57. The first-order valence-electron chi connectivity index (χ1n) is 14.5. The molecule has 222 valence electrons. The summed E-state index contributed by atoms with van der Waals surface area (Å²) in [7, 11) is -1.43. The summed E-state index contributed by atoms with van der Waals surface area (Å²) in [5.41, 5.74) is 2.65. The molecule has 9 heteroatoms. The molecule has 0 unspecified atom stereocenters. The molecule has 0 spiro atoms. The fraction of sp³-hybridized carbons (Fsp3) is 0.364. The zero-order chi connectivity index (χ0) is 29.5. The summed E-state index contributed by atoms with van der Waals surface area (Å²) in [6.45, 7) is 5.12. The van der Waals surface area contributed by atoms with Gasteiger partial charge in [0.1, 0.15) is 17.2 Å². The molecule has 3 aromatic carbocycles. The molecular weight excluding hydrogens is 552 g/mol. The molecular formula is C33H38N2O6S. The van der Waals surface area contributed by atoms with Crippen LogP contribution in [0.15, 0.2) is 77.2 Å². The maximum Gasteiger partial charge on any atom is 0.251 e. The lowest BCUT2D eigenvalue weighted by atomic mass is 10.1. The van der Waals surface area contributed by atoms with Gasteiger partial charge in [0.15, 0.2) is 9.84 Å². The molecule has 0 aromatic heterocycles. The van der Waals surface area contributed by atoms with Crippen LogP contribution in [0.3, 0.4) is 0 Å². The average molecular weight is 591 g/mol. The van der Waals surface area contributed by atoms with Crippen LogP contribution < -0.4 is 14.8 Å². The van der Waals surface area contributed by atoms with E-state index in [0.29, 0.717) is 41.0 Å². The van der Waals surface area contributed by atoms with E-state index in [0.717, 1.165) is 50.3 Å². The topological polar surface area (TPSA) is 94.2 Å². The first-order chi connectivity index (χ1) is 20.3. The summed E-state index contributed by atoms with van der Waals surface area (Å²) in [5.74, 6) is 1.37. The fourth-order valence-electron chi connectivity index (χ4n) is 5.19. The third kappa shape index (κ3) is 7.59. The molecule has 8 nitrogen and oxygen atoms in total. The summed E-state index contributed by atoms with van der Waals surface area (Å²) < 4.78 is 43.1. The van der Waals surface area contributed by atoms with Crippen molar-refractivity contribution in [1.29, 1.82) is 0 Å². The Balaban J connectivity index is 1.27. The van der Waals surface area contributed by atoms with Crippen LogP contribution in [0.25, 0.3) is 6.08 Å². The minimum absolute atomic E-state index is 0.117. The van der Waals surface area contributed by atoms with Gasteiger partial charge >= 0.3 is 0 Å². The molecule has 0 atom stereocenters. The van der Waals surface area contributed by atoms with Gasteiger partial charge < -0.3 is 19.5 Å². The van der Waals surface area contributed by atoms with Crippen molar-refractivity contribution in [3.63, 3.8) is 0 Å². The zero-order valence-electron chi connectivity index (χ0n) is 24.2. The fourth-order valence-corrected chi connectivity index (χ4v) is 6.65. The Morgan fingerprint density at radius 1 is 0.976 bits per heavy atom. The highest BCUT2D eigenvalue weighted by Gasteiger charge is 2.25. The lowest BCUT2D eigenvalue weighted by molar-refractivity contribution is -0.112. The van der Waals surface area contributed by atoms with E-state index >= 15 is 0 Å². The van der Waals surface area contributed by atoms with E-state index in [1.807, 2.05) is 43.3 Å². The van der Waals surface area contributed by atoms with Gasteiger partial charge in [-0.1, -0.05) is 19.1 Å². The highest BCUT2D eigenvalue weighted by Crippen LogP contribution is 2.32. The number of benzene rings is 3. The van der Waals surface area contributed by atoms with Crippen molar-refractivity contribution in [1.82, 2.24) is 4.90 Å². The first kappa shape index (κ1) is 29.8. The predicted octanol–water partition coefficient (Wildman–Crippen LogP) is 6.08. The number of fused-ring (bicyclic) bond motifs is 1. The Labute approximate surface area is 248 Å². The molecule has 5 rings (SSSR count). The van der Waals surface area contributed by atoms with E-state index in [2.05, 4.69) is 17.3 Å². The van der Waals surface area contributed by atoms with Gasteiger partial charge in [-0.25, -0.2) is 8.42 Å². The van der Waals surface area contributed by atoms with Crippen molar-refractivity contribution in [3.8, 4) is 17.2 Å². The summed E-state index contributed by atoms with van der Waals surface area (Å²) in [6, 6.07) is 20.4. The number of amides is 1. The van der Waals surface area contributed by atoms with Gasteiger partial charge in [-0.15, -0.1) is 0 Å². The van der Waals surface area contributed by atoms with E-state index < -0.39 is 9.84 Å². The van der Waals surface area contributed by atoms with Crippen molar-refractivity contribution in [2.45, 2.75) is 50.1 Å². The van der Waals surface area contributed by atoms with E-state index in [4.69, 9.17) is 14.2 Å². The van der Waals surface area contributed by atoms with E-state index in [9.17, 15) is 13.2 Å². The molecule has 42 heavy (non-hydrogen) atoms. The van der Waals surface area contributed by atoms with Crippen LogP contribution in [-0.4, -0.2) is 57.9 Å². The molecule has 0 saturated carbocycles. The highest BCUT2D eigenvalue weighted by atomic mass is 32.2. The number of ether oxygens (including phenoxy) is 3. The molecule has 1 N–H and O–H groups in total. The number of carbonyl (C=O) groups is 1. The monoisotopic (exact) mass is 590 g/mol. The summed E-state index contributed by atoms with van der Waals surface area (Å²) in [5, 5.41) is 2.94. The van der Waals surface area contributed by atoms with E-state index in [1.165, 1.54) is 0 Å². The van der Waals surface area contributed by atoms with Gasteiger partial charge in [0.25, 0.3) is 5.91 Å². The zero-order valence-corrected chi connectivity index (χ0v) is 25.0. The van der Waals surface area contributed by atoms with Gasteiger partial charge in [-0.2, -0.15) is 0 Å². The van der Waals surface area contributed by atoms with Gasteiger partial charge in [0.05, 0.1) is 17.3 Å². The predicted molar refractivity (Wildman–Crippen MR) is 164 cm³/mol. The van der Waals surface area contributed by atoms with Crippen molar-refractivity contribution in [2.75, 3.05) is 37.9 Å². The summed E-state index contributed by atoms with van der Waals surface area (Å²) in [6.07, 6.45) is 4.76. The minimum atomic E-state index is -3.57. The highest BCUT2D eigenvalue weighted by molar-refractivity contribution is 7.91. The lowest BCUT2D eigenvalue weighted by Gasteiger charge is -2.31. The Kier molecular flexibility index (Phi) is 9.62. The first-order valence-corrected chi connectivity index (χ1v) is 16.1. The normalized spacial score (nSPS) is 16.7. The van der Waals surface area contributed by atoms with Crippen molar-refractivity contribution in [3.05, 3.63) is 83.4 Å². The quantitative estimate of drug-likeness (QED) is 0.306. The third-order valence-corrected chi connectivity index (χ3v) is 9.35. The van der Waals surface area contributed by atoms with Gasteiger partial charge in [-0.05, 0) is 105 Å².